The lowest BCUT2D eigenvalue weighted by Gasteiger charge is -2.38. The van der Waals surface area contributed by atoms with Crippen LogP contribution < -0.4 is 11.1 Å². The first kappa shape index (κ1) is 23.6. The number of pyridine rings is 2. The van der Waals surface area contributed by atoms with Crippen molar-refractivity contribution in [2.45, 2.75) is 32.1 Å². The van der Waals surface area contributed by atoms with E-state index >= 15 is 0 Å². The number of fused-ring (bicyclic) bond motifs is 1. The lowest BCUT2D eigenvalue weighted by atomic mass is 10.1. The normalized spacial score (nSPS) is 16.3. The zero-order valence-electron chi connectivity index (χ0n) is 19.2. The standard InChI is InChI=1S/C24H28F2N8/c1-16(2)17-9-23(33-30-13-17)32-22-5-4-20-21(31-22)8-18(12-29-20)19(10-27)11-28-6-3-7-34-14-24(25,26)15-34/h4-5,8-13,16H,3,6-7,14-15,27H2,1-2H3,(H,31,32,33). The molecular weight excluding hydrogens is 438 g/mol. The first-order valence-electron chi connectivity index (χ1n) is 11.2. The van der Waals surface area contributed by atoms with E-state index < -0.39 is 5.92 Å². The fraction of sp³-hybridized carbons (Fsp3) is 0.375. The van der Waals surface area contributed by atoms with Gasteiger partial charge in [-0.15, -0.1) is 5.10 Å². The smallest absolute Gasteiger partial charge is 0.272 e. The zero-order valence-corrected chi connectivity index (χ0v) is 19.2. The Kier molecular flexibility index (Phi) is 7.06. The average Bonchev–Trinajstić information content (AvgIpc) is 2.80. The van der Waals surface area contributed by atoms with Gasteiger partial charge >= 0.3 is 0 Å². The Morgan fingerprint density at radius 2 is 2.03 bits per heavy atom. The molecule has 0 bridgehead atoms. The van der Waals surface area contributed by atoms with Crippen molar-refractivity contribution in [1.82, 2.24) is 25.1 Å². The molecule has 34 heavy (non-hydrogen) atoms. The number of hydrogen-bond donors (Lipinski definition) is 2. The fourth-order valence-corrected chi connectivity index (χ4v) is 3.65. The van der Waals surface area contributed by atoms with Gasteiger partial charge in [-0.05, 0) is 42.2 Å². The van der Waals surface area contributed by atoms with Crippen molar-refractivity contribution in [1.29, 1.82) is 0 Å². The number of alkyl halides is 2. The van der Waals surface area contributed by atoms with E-state index in [1.54, 1.807) is 23.5 Å². The third-order valence-electron chi connectivity index (χ3n) is 5.55. The Hall–Kier alpha value is -3.53. The Labute approximate surface area is 197 Å². The van der Waals surface area contributed by atoms with Crippen molar-refractivity contribution >= 4 is 34.5 Å². The molecule has 4 rings (SSSR count). The van der Waals surface area contributed by atoms with Gasteiger partial charge in [0.05, 0.1) is 30.3 Å². The molecule has 0 unspecified atom stereocenters. The quantitative estimate of drug-likeness (QED) is 0.363. The molecular formula is C24H28F2N8. The van der Waals surface area contributed by atoms with Gasteiger partial charge in [-0.3, -0.25) is 14.9 Å². The number of aromatic nitrogens is 4. The predicted octanol–water partition coefficient (Wildman–Crippen LogP) is 4.00. The summed E-state index contributed by atoms with van der Waals surface area (Å²) in [6.07, 6.45) is 7.34. The summed E-state index contributed by atoms with van der Waals surface area (Å²) < 4.78 is 25.8. The molecule has 3 N–H and O–H groups in total. The molecule has 0 spiro atoms. The first-order chi connectivity index (χ1) is 16.3. The Morgan fingerprint density at radius 1 is 1.21 bits per heavy atom. The van der Waals surface area contributed by atoms with Crippen molar-refractivity contribution in [3.8, 4) is 0 Å². The SMILES string of the molecule is CC(C)c1cnnc(Nc2ccc3ncc(C(C=NCCCN4CC(F)(F)C4)=CN)cc3n2)c1. The maximum Gasteiger partial charge on any atom is 0.272 e. The largest absolute Gasteiger partial charge is 0.404 e. The van der Waals surface area contributed by atoms with Crippen molar-refractivity contribution in [3.63, 3.8) is 0 Å². The molecule has 0 radical (unpaired) electrons. The van der Waals surface area contributed by atoms with Crippen LogP contribution >= 0.6 is 0 Å². The van der Waals surface area contributed by atoms with Gasteiger partial charge in [-0.25, -0.2) is 13.8 Å². The van der Waals surface area contributed by atoms with E-state index in [9.17, 15) is 8.78 Å². The van der Waals surface area contributed by atoms with E-state index in [0.717, 1.165) is 16.6 Å². The molecule has 10 heteroatoms. The van der Waals surface area contributed by atoms with Gasteiger partial charge in [-0.1, -0.05) is 13.8 Å². The highest BCUT2D eigenvalue weighted by atomic mass is 19.3. The van der Waals surface area contributed by atoms with Gasteiger partial charge in [0.2, 0.25) is 0 Å². The van der Waals surface area contributed by atoms with E-state index in [4.69, 9.17) is 5.73 Å². The summed E-state index contributed by atoms with van der Waals surface area (Å²) >= 11 is 0. The third-order valence-corrected chi connectivity index (χ3v) is 5.55. The molecule has 3 aromatic heterocycles. The lowest BCUT2D eigenvalue weighted by Crippen LogP contribution is -2.56. The Bertz CT molecular complexity index is 1200. The van der Waals surface area contributed by atoms with E-state index in [2.05, 4.69) is 44.3 Å². The van der Waals surface area contributed by atoms with Crippen molar-refractivity contribution in [2.75, 3.05) is 31.5 Å². The van der Waals surface area contributed by atoms with Gasteiger partial charge in [0.25, 0.3) is 5.92 Å². The number of aliphatic imine (C=N–C) groups is 1. The summed E-state index contributed by atoms with van der Waals surface area (Å²) in [5.41, 5.74) is 9.84. The highest BCUT2D eigenvalue weighted by molar-refractivity contribution is 6.10. The molecule has 0 saturated carbocycles. The van der Waals surface area contributed by atoms with Crippen LogP contribution in [-0.2, 0) is 0 Å². The molecule has 0 amide bonds. The Balaban J connectivity index is 1.41. The summed E-state index contributed by atoms with van der Waals surface area (Å²) in [5, 5.41) is 11.4. The molecule has 4 heterocycles. The number of nitrogens with two attached hydrogens (primary N) is 1. The lowest BCUT2D eigenvalue weighted by molar-refractivity contribution is -0.130. The monoisotopic (exact) mass is 466 g/mol. The number of anilines is 2. The number of allylic oxidation sites excluding steroid dienone is 1. The zero-order chi connectivity index (χ0) is 24.1. The number of hydrogen-bond acceptors (Lipinski definition) is 8. The minimum Gasteiger partial charge on any atom is -0.404 e. The van der Waals surface area contributed by atoms with Gasteiger partial charge in [-0.2, -0.15) is 5.10 Å². The number of rotatable bonds is 9. The fourth-order valence-electron chi connectivity index (χ4n) is 3.65. The first-order valence-corrected chi connectivity index (χ1v) is 11.2. The maximum atomic E-state index is 12.9. The second-order valence-corrected chi connectivity index (χ2v) is 8.69. The molecule has 3 aromatic rings. The molecule has 1 saturated heterocycles. The third kappa shape index (κ3) is 5.88. The average molecular weight is 467 g/mol. The second-order valence-electron chi connectivity index (χ2n) is 8.69. The van der Waals surface area contributed by atoms with Gasteiger partial charge in [0.1, 0.15) is 5.82 Å². The van der Waals surface area contributed by atoms with Gasteiger partial charge in [0, 0.05) is 42.8 Å². The maximum absolute atomic E-state index is 12.9. The van der Waals surface area contributed by atoms with Gasteiger partial charge < -0.3 is 11.1 Å². The summed E-state index contributed by atoms with van der Waals surface area (Å²) in [6.45, 7) is 5.02. The molecule has 1 fully saturated rings. The summed E-state index contributed by atoms with van der Waals surface area (Å²) in [5.74, 6) is -0.934. The molecule has 1 aliphatic heterocycles. The molecule has 0 aromatic carbocycles. The molecule has 1 aliphatic rings. The number of halogens is 2. The van der Waals surface area contributed by atoms with Crippen LogP contribution in [0, 0.1) is 0 Å². The summed E-state index contributed by atoms with van der Waals surface area (Å²) in [7, 11) is 0. The van der Waals surface area contributed by atoms with Crippen molar-refractivity contribution < 1.29 is 8.78 Å². The second kappa shape index (κ2) is 10.2. The van der Waals surface area contributed by atoms with Crippen LogP contribution in [0.3, 0.4) is 0 Å². The highest BCUT2D eigenvalue weighted by Gasteiger charge is 2.43. The predicted molar refractivity (Wildman–Crippen MR) is 130 cm³/mol. The molecule has 178 valence electrons. The van der Waals surface area contributed by atoms with Crippen LogP contribution in [0.5, 0.6) is 0 Å². The van der Waals surface area contributed by atoms with Crippen LogP contribution in [-0.4, -0.2) is 63.4 Å². The molecule has 0 atom stereocenters. The van der Waals surface area contributed by atoms with E-state index in [1.807, 2.05) is 24.3 Å². The van der Waals surface area contributed by atoms with Crippen LogP contribution in [0.15, 0.2) is 47.9 Å². The van der Waals surface area contributed by atoms with E-state index in [-0.39, 0.29) is 13.1 Å². The van der Waals surface area contributed by atoms with E-state index in [0.29, 0.717) is 48.2 Å². The minimum atomic E-state index is -2.53. The number of likely N-dealkylation sites (tertiary alicyclic amines) is 1. The summed E-state index contributed by atoms with van der Waals surface area (Å²) in [6, 6.07) is 7.58. The van der Waals surface area contributed by atoms with Crippen LogP contribution in [0.1, 0.15) is 37.3 Å². The van der Waals surface area contributed by atoms with Gasteiger partial charge in [0.15, 0.2) is 5.82 Å². The number of nitrogens with one attached hydrogen (secondary N) is 1. The highest BCUT2D eigenvalue weighted by Crippen LogP contribution is 2.26. The Morgan fingerprint density at radius 3 is 2.76 bits per heavy atom. The van der Waals surface area contributed by atoms with Crippen LogP contribution in [0.4, 0.5) is 20.4 Å². The van der Waals surface area contributed by atoms with Crippen molar-refractivity contribution in [2.24, 2.45) is 10.7 Å². The minimum absolute atomic E-state index is 0.160. The van der Waals surface area contributed by atoms with Crippen LogP contribution in [0.2, 0.25) is 0 Å². The number of nitrogens with zero attached hydrogens (tertiary/aromatic N) is 6. The summed E-state index contributed by atoms with van der Waals surface area (Å²) in [4.78, 5) is 15.3. The van der Waals surface area contributed by atoms with Crippen molar-refractivity contribution in [3.05, 3.63) is 54.0 Å². The molecule has 8 nitrogen and oxygen atoms in total. The van der Waals surface area contributed by atoms with E-state index in [1.165, 1.54) is 6.20 Å². The topological polar surface area (TPSA) is 105 Å². The van der Waals surface area contributed by atoms with Crippen LogP contribution in [0.25, 0.3) is 16.6 Å². The molecule has 0 aliphatic carbocycles.